The van der Waals surface area contributed by atoms with Crippen LogP contribution in [-0.4, -0.2) is 18.5 Å². The molecule has 3 rings (SSSR count). The van der Waals surface area contributed by atoms with Crippen LogP contribution in [0.1, 0.15) is 11.1 Å². The zero-order chi connectivity index (χ0) is 14.7. The van der Waals surface area contributed by atoms with Crippen molar-refractivity contribution in [1.82, 2.24) is 0 Å². The topological polar surface area (TPSA) is 43.2 Å². The average molecular weight is 280 g/mol. The van der Waals surface area contributed by atoms with E-state index in [2.05, 4.69) is 9.98 Å². The Labute approximate surface area is 123 Å². The van der Waals surface area contributed by atoms with E-state index in [-0.39, 0.29) is 0 Å². The summed E-state index contributed by atoms with van der Waals surface area (Å²) in [6.07, 6.45) is 0. The summed E-state index contributed by atoms with van der Waals surface area (Å²) in [6.45, 7) is 4.33. The number of amidine groups is 1. The highest BCUT2D eigenvalue weighted by Crippen LogP contribution is 2.23. The van der Waals surface area contributed by atoms with Crippen LogP contribution in [0.3, 0.4) is 0 Å². The van der Waals surface area contributed by atoms with Gasteiger partial charge in [-0.05, 0) is 37.1 Å². The predicted molar refractivity (Wildman–Crippen MR) is 83.5 cm³/mol. The highest BCUT2D eigenvalue weighted by atomic mass is 16.6. The minimum absolute atomic E-state index is 0.305. The highest BCUT2D eigenvalue weighted by Gasteiger charge is 2.17. The molecule has 4 nitrogen and oxygen atoms in total. The van der Waals surface area contributed by atoms with Crippen molar-refractivity contribution in [3.8, 4) is 5.75 Å². The maximum absolute atomic E-state index is 5.85. The van der Waals surface area contributed by atoms with E-state index in [0.717, 1.165) is 22.6 Å². The molecule has 106 valence electrons. The molecule has 1 aliphatic heterocycles. The largest absolute Gasteiger partial charge is 0.453 e. The molecular weight excluding hydrogens is 264 g/mol. The van der Waals surface area contributed by atoms with E-state index < -0.39 is 0 Å². The van der Waals surface area contributed by atoms with Gasteiger partial charge in [0.25, 0.3) is 0 Å². The van der Waals surface area contributed by atoms with Crippen molar-refractivity contribution >= 4 is 17.6 Å². The molecule has 0 atom stereocenters. The van der Waals surface area contributed by atoms with Crippen LogP contribution in [0.5, 0.6) is 5.75 Å². The average Bonchev–Trinajstić information content (AvgIpc) is 2.91. The third-order valence-corrected chi connectivity index (χ3v) is 3.15. The smallest absolute Gasteiger partial charge is 0.320 e. The van der Waals surface area contributed by atoms with Crippen molar-refractivity contribution < 1.29 is 9.47 Å². The van der Waals surface area contributed by atoms with E-state index in [1.165, 1.54) is 0 Å². The van der Waals surface area contributed by atoms with Gasteiger partial charge in [-0.15, -0.1) is 0 Å². The second kappa shape index (κ2) is 5.79. The lowest BCUT2D eigenvalue weighted by Crippen LogP contribution is -2.11. The van der Waals surface area contributed by atoms with E-state index in [1.807, 2.05) is 62.4 Å². The second-order valence-electron chi connectivity index (χ2n) is 4.85. The van der Waals surface area contributed by atoms with Gasteiger partial charge < -0.3 is 9.47 Å². The maximum atomic E-state index is 5.85. The number of nitrogens with zero attached hydrogens (tertiary/aromatic N) is 2. The first kappa shape index (κ1) is 13.4. The number of rotatable bonds is 2. The Bertz CT molecular complexity index is 686. The number of aliphatic imine (C=N–C) groups is 2. The molecule has 0 fully saturated rings. The Morgan fingerprint density at radius 1 is 1.00 bits per heavy atom. The summed E-state index contributed by atoms with van der Waals surface area (Å²) in [6, 6.07) is 16.0. The van der Waals surface area contributed by atoms with Gasteiger partial charge >= 0.3 is 6.02 Å². The van der Waals surface area contributed by atoms with Gasteiger partial charge in [-0.25, -0.2) is 0 Å². The van der Waals surface area contributed by atoms with E-state index >= 15 is 0 Å². The SMILES string of the molecule is Cc1cccc(C)c1OC1=NC(=Nc2ccccc2)OC1. The van der Waals surface area contributed by atoms with Crippen molar-refractivity contribution in [2.24, 2.45) is 9.98 Å². The fourth-order valence-electron chi connectivity index (χ4n) is 2.10. The quantitative estimate of drug-likeness (QED) is 0.839. The molecule has 0 amide bonds. The Balaban J connectivity index is 1.79. The molecular formula is C17H16N2O2. The predicted octanol–water partition coefficient (Wildman–Crippen LogP) is 3.80. The van der Waals surface area contributed by atoms with Crippen LogP contribution >= 0.6 is 0 Å². The molecule has 0 saturated heterocycles. The number of ether oxygens (including phenoxy) is 2. The molecule has 0 saturated carbocycles. The van der Waals surface area contributed by atoms with Gasteiger partial charge in [-0.1, -0.05) is 36.4 Å². The van der Waals surface area contributed by atoms with E-state index in [4.69, 9.17) is 9.47 Å². The molecule has 4 heteroatoms. The lowest BCUT2D eigenvalue weighted by atomic mass is 10.1. The van der Waals surface area contributed by atoms with Crippen molar-refractivity contribution in [3.05, 3.63) is 59.7 Å². The van der Waals surface area contributed by atoms with Crippen LogP contribution in [0.15, 0.2) is 58.5 Å². The summed E-state index contributed by atoms with van der Waals surface area (Å²) in [4.78, 5) is 8.60. The first-order valence-corrected chi connectivity index (χ1v) is 6.80. The van der Waals surface area contributed by atoms with Crippen LogP contribution in [0.4, 0.5) is 5.69 Å². The van der Waals surface area contributed by atoms with E-state index in [1.54, 1.807) is 0 Å². The Morgan fingerprint density at radius 3 is 2.43 bits per heavy atom. The summed E-state index contributed by atoms with van der Waals surface area (Å²) in [5, 5.41) is 0. The monoisotopic (exact) mass is 280 g/mol. The number of aryl methyl sites for hydroxylation is 2. The molecule has 1 aliphatic rings. The summed E-state index contributed by atoms with van der Waals surface area (Å²) < 4.78 is 11.3. The molecule has 0 aliphatic carbocycles. The van der Waals surface area contributed by atoms with Crippen LogP contribution in [0, 0.1) is 13.8 Å². The zero-order valence-corrected chi connectivity index (χ0v) is 12.0. The fraction of sp³-hybridized carbons (Fsp3) is 0.176. The molecule has 2 aromatic carbocycles. The second-order valence-corrected chi connectivity index (χ2v) is 4.85. The summed E-state index contributed by atoms with van der Waals surface area (Å²) in [5.74, 6) is 1.36. The Hall–Kier alpha value is -2.62. The highest BCUT2D eigenvalue weighted by molar-refractivity contribution is 5.98. The molecule has 2 aromatic rings. The first-order valence-electron chi connectivity index (χ1n) is 6.80. The van der Waals surface area contributed by atoms with Crippen LogP contribution in [0.25, 0.3) is 0 Å². The van der Waals surface area contributed by atoms with Gasteiger partial charge in [-0.2, -0.15) is 9.98 Å². The molecule has 0 bridgehead atoms. The molecule has 0 spiro atoms. The van der Waals surface area contributed by atoms with Gasteiger partial charge in [-0.3, -0.25) is 0 Å². The minimum Gasteiger partial charge on any atom is -0.453 e. The van der Waals surface area contributed by atoms with Gasteiger partial charge in [0.15, 0.2) is 6.61 Å². The number of hydrogen-bond donors (Lipinski definition) is 0. The normalized spacial score (nSPS) is 15.7. The molecule has 0 N–H and O–H groups in total. The maximum Gasteiger partial charge on any atom is 0.320 e. The van der Waals surface area contributed by atoms with Crippen molar-refractivity contribution in [2.75, 3.05) is 6.61 Å². The molecule has 21 heavy (non-hydrogen) atoms. The third kappa shape index (κ3) is 3.11. The first-order chi connectivity index (χ1) is 10.2. The summed E-state index contributed by atoms with van der Waals surface area (Å²) in [7, 11) is 0. The molecule has 0 radical (unpaired) electrons. The van der Waals surface area contributed by atoms with E-state index in [9.17, 15) is 0 Å². The minimum atomic E-state index is 0.305. The Morgan fingerprint density at radius 2 is 1.71 bits per heavy atom. The van der Waals surface area contributed by atoms with Gasteiger partial charge in [0.2, 0.25) is 5.90 Å². The van der Waals surface area contributed by atoms with Crippen LogP contribution < -0.4 is 4.74 Å². The zero-order valence-electron chi connectivity index (χ0n) is 12.0. The van der Waals surface area contributed by atoms with Crippen molar-refractivity contribution in [1.29, 1.82) is 0 Å². The lowest BCUT2D eigenvalue weighted by Gasteiger charge is -2.09. The Kier molecular flexibility index (Phi) is 3.69. The summed E-state index contributed by atoms with van der Waals surface area (Å²) in [5.41, 5.74) is 2.96. The van der Waals surface area contributed by atoms with Crippen molar-refractivity contribution in [3.63, 3.8) is 0 Å². The van der Waals surface area contributed by atoms with Crippen molar-refractivity contribution in [2.45, 2.75) is 13.8 Å². The summed E-state index contributed by atoms with van der Waals surface area (Å²) >= 11 is 0. The van der Waals surface area contributed by atoms with Gasteiger partial charge in [0.05, 0.1) is 5.69 Å². The number of benzene rings is 2. The lowest BCUT2D eigenvalue weighted by molar-refractivity contribution is 0.355. The molecule has 0 aromatic heterocycles. The van der Waals surface area contributed by atoms with E-state index in [0.29, 0.717) is 18.5 Å². The van der Waals surface area contributed by atoms with Crippen LogP contribution in [0.2, 0.25) is 0 Å². The standard InChI is InChI=1S/C17H16N2O2/c1-12-7-6-8-13(2)16(12)21-15-11-20-17(19-15)18-14-9-4-3-5-10-14/h3-10H,11H2,1-2H3. The molecule has 1 heterocycles. The number of para-hydroxylation sites is 2. The van der Waals surface area contributed by atoms with Gasteiger partial charge in [0.1, 0.15) is 5.75 Å². The third-order valence-electron chi connectivity index (χ3n) is 3.15. The number of hydrogen-bond acceptors (Lipinski definition) is 3. The van der Waals surface area contributed by atoms with Gasteiger partial charge in [0, 0.05) is 0 Å². The fourth-order valence-corrected chi connectivity index (χ4v) is 2.10. The van der Waals surface area contributed by atoms with Crippen LogP contribution in [-0.2, 0) is 4.74 Å². The molecule has 0 unspecified atom stereocenters.